The third-order valence-electron chi connectivity index (χ3n) is 2.78. The van der Waals surface area contributed by atoms with E-state index in [1.807, 2.05) is 6.20 Å². The van der Waals surface area contributed by atoms with Gasteiger partial charge in [0.15, 0.2) is 0 Å². The molecule has 1 N–H and O–H groups in total. The summed E-state index contributed by atoms with van der Waals surface area (Å²) in [4.78, 5) is 0. The Labute approximate surface area is 79.1 Å². The van der Waals surface area contributed by atoms with Gasteiger partial charge in [0.25, 0.3) is 0 Å². The number of aryl methyl sites for hydroxylation is 2. The van der Waals surface area contributed by atoms with E-state index in [0.29, 0.717) is 0 Å². The monoisotopic (exact) mass is 179 g/mol. The van der Waals surface area contributed by atoms with Crippen LogP contribution in [-0.4, -0.2) is 22.9 Å². The molecule has 2 heterocycles. The highest BCUT2D eigenvalue weighted by Crippen LogP contribution is 2.10. The van der Waals surface area contributed by atoms with Crippen LogP contribution in [0.5, 0.6) is 0 Å². The van der Waals surface area contributed by atoms with Crippen LogP contribution in [-0.2, 0) is 13.0 Å². The van der Waals surface area contributed by atoms with E-state index in [0.717, 1.165) is 18.9 Å². The molecule has 1 aliphatic heterocycles. The first-order valence-corrected chi connectivity index (χ1v) is 5.11. The predicted octanol–water partition coefficient (Wildman–Crippen LogP) is 1.05. The van der Waals surface area contributed by atoms with Crippen LogP contribution in [0.4, 0.5) is 0 Å². The molecule has 0 spiro atoms. The second-order valence-corrected chi connectivity index (χ2v) is 3.71. The molecule has 0 saturated carbocycles. The molecule has 0 bridgehead atoms. The van der Waals surface area contributed by atoms with Gasteiger partial charge in [0.2, 0.25) is 0 Å². The van der Waals surface area contributed by atoms with E-state index in [9.17, 15) is 0 Å². The van der Waals surface area contributed by atoms with Gasteiger partial charge in [0.05, 0.1) is 0 Å². The lowest BCUT2D eigenvalue weighted by Gasteiger charge is -2.27. The molecule has 1 aromatic rings. The lowest BCUT2D eigenvalue weighted by Crippen LogP contribution is -2.42. The van der Waals surface area contributed by atoms with Crippen molar-refractivity contribution in [3.8, 4) is 0 Å². The number of hydrogen-bond acceptors (Lipinski definition) is 2. The minimum atomic E-state index is 0.883. The molecule has 3 nitrogen and oxygen atoms in total. The van der Waals surface area contributed by atoms with Gasteiger partial charge in [0, 0.05) is 18.4 Å². The molecule has 0 atom stereocenters. The van der Waals surface area contributed by atoms with Gasteiger partial charge in [-0.25, -0.2) is 0 Å². The molecule has 13 heavy (non-hydrogen) atoms. The average molecular weight is 179 g/mol. The molecule has 1 fully saturated rings. The van der Waals surface area contributed by atoms with E-state index < -0.39 is 0 Å². The maximum absolute atomic E-state index is 4.31. The van der Waals surface area contributed by atoms with E-state index in [4.69, 9.17) is 0 Å². The van der Waals surface area contributed by atoms with Gasteiger partial charge in [-0.2, -0.15) is 5.10 Å². The van der Waals surface area contributed by atoms with Gasteiger partial charge in [-0.3, -0.25) is 4.68 Å². The number of aromatic nitrogens is 2. The summed E-state index contributed by atoms with van der Waals surface area (Å²) < 4.78 is 2.14. The largest absolute Gasteiger partial charge is 0.316 e. The number of nitrogens with zero attached hydrogens (tertiary/aromatic N) is 2. The van der Waals surface area contributed by atoms with E-state index in [1.165, 1.54) is 25.2 Å². The summed E-state index contributed by atoms with van der Waals surface area (Å²) in [6, 6.07) is 2.11. The van der Waals surface area contributed by atoms with Crippen molar-refractivity contribution in [1.29, 1.82) is 0 Å². The van der Waals surface area contributed by atoms with Crippen LogP contribution in [0.1, 0.15) is 19.0 Å². The summed E-state index contributed by atoms with van der Waals surface area (Å²) in [7, 11) is 0. The van der Waals surface area contributed by atoms with E-state index in [1.54, 1.807) is 0 Å². The van der Waals surface area contributed by atoms with Crippen molar-refractivity contribution in [3.63, 3.8) is 0 Å². The molecule has 0 radical (unpaired) electrons. The van der Waals surface area contributed by atoms with Crippen molar-refractivity contribution in [2.24, 2.45) is 5.92 Å². The van der Waals surface area contributed by atoms with Crippen molar-refractivity contribution in [3.05, 3.63) is 18.0 Å². The first kappa shape index (κ1) is 8.75. The Hall–Kier alpha value is -0.830. The molecule has 1 aromatic heterocycles. The Morgan fingerprint density at radius 3 is 3.08 bits per heavy atom. The molecular formula is C10H17N3. The summed E-state index contributed by atoms with van der Waals surface area (Å²) in [6.07, 6.45) is 4.25. The molecule has 1 aliphatic rings. The van der Waals surface area contributed by atoms with Crippen LogP contribution in [0.15, 0.2) is 12.3 Å². The standard InChI is InChI=1S/C10H17N3/c1-2-10-3-5-12-13(10)6-4-9-7-11-8-9/h3,5,9,11H,2,4,6-8H2,1H3. The zero-order valence-electron chi connectivity index (χ0n) is 8.16. The average Bonchev–Trinajstić information content (AvgIpc) is 2.49. The highest BCUT2D eigenvalue weighted by Gasteiger charge is 2.16. The summed E-state index contributed by atoms with van der Waals surface area (Å²) in [5.41, 5.74) is 1.35. The quantitative estimate of drug-likeness (QED) is 0.749. The predicted molar refractivity (Wildman–Crippen MR) is 52.6 cm³/mol. The topological polar surface area (TPSA) is 29.9 Å². The molecule has 1 saturated heterocycles. The fourth-order valence-electron chi connectivity index (χ4n) is 1.72. The lowest BCUT2D eigenvalue weighted by atomic mass is 10.00. The van der Waals surface area contributed by atoms with Crippen LogP contribution in [0.2, 0.25) is 0 Å². The molecule has 3 heteroatoms. The van der Waals surface area contributed by atoms with Crippen LogP contribution < -0.4 is 5.32 Å². The minimum Gasteiger partial charge on any atom is -0.316 e. The fraction of sp³-hybridized carbons (Fsp3) is 0.700. The van der Waals surface area contributed by atoms with Crippen molar-refractivity contribution >= 4 is 0 Å². The molecule has 2 rings (SSSR count). The van der Waals surface area contributed by atoms with Gasteiger partial charge >= 0.3 is 0 Å². The van der Waals surface area contributed by atoms with E-state index >= 15 is 0 Å². The first-order valence-electron chi connectivity index (χ1n) is 5.11. The first-order chi connectivity index (χ1) is 6.40. The zero-order valence-corrected chi connectivity index (χ0v) is 8.16. The SMILES string of the molecule is CCc1ccnn1CCC1CNC1. The van der Waals surface area contributed by atoms with Gasteiger partial charge in [-0.1, -0.05) is 6.92 Å². The van der Waals surface area contributed by atoms with Gasteiger partial charge < -0.3 is 5.32 Å². The summed E-state index contributed by atoms with van der Waals surface area (Å²) in [6.45, 7) is 5.66. The Balaban J connectivity index is 1.85. The highest BCUT2D eigenvalue weighted by atomic mass is 15.3. The maximum atomic E-state index is 4.31. The second kappa shape index (κ2) is 3.92. The van der Waals surface area contributed by atoms with Crippen molar-refractivity contribution in [1.82, 2.24) is 15.1 Å². The Morgan fingerprint density at radius 2 is 2.46 bits per heavy atom. The Morgan fingerprint density at radius 1 is 1.62 bits per heavy atom. The molecular weight excluding hydrogens is 162 g/mol. The van der Waals surface area contributed by atoms with Gasteiger partial charge in [-0.15, -0.1) is 0 Å². The van der Waals surface area contributed by atoms with E-state index in [-0.39, 0.29) is 0 Å². The molecule has 0 unspecified atom stereocenters. The molecule has 0 aliphatic carbocycles. The Kier molecular flexibility index (Phi) is 2.64. The third kappa shape index (κ3) is 1.91. The van der Waals surface area contributed by atoms with Crippen LogP contribution >= 0.6 is 0 Å². The van der Waals surface area contributed by atoms with Gasteiger partial charge in [-0.05, 0) is 37.9 Å². The van der Waals surface area contributed by atoms with Crippen LogP contribution in [0.25, 0.3) is 0 Å². The normalized spacial score (nSPS) is 17.3. The van der Waals surface area contributed by atoms with E-state index in [2.05, 4.69) is 28.1 Å². The lowest BCUT2D eigenvalue weighted by molar-refractivity contribution is 0.305. The molecule has 72 valence electrons. The minimum absolute atomic E-state index is 0.883. The van der Waals surface area contributed by atoms with Crippen molar-refractivity contribution < 1.29 is 0 Å². The highest BCUT2D eigenvalue weighted by molar-refractivity contribution is 4.99. The Bertz CT molecular complexity index is 263. The second-order valence-electron chi connectivity index (χ2n) is 3.71. The van der Waals surface area contributed by atoms with Crippen LogP contribution in [0, 0.1) is 5.92 Å². The summed E-state index contributed by atoms with van der Waals surface area (Å²) in [5.74, 6) is 0.883. The fourth-order valence-corrected chi connectivity index (χ4v) is 1.72. The van der Waals surface area contributed by atoms with Crippen molar-refractivity contribution in [2.45, 2.75) is 26.3 Å². The number of nitrogens with one attached hydrogen (secondary N) is 1. The van der Waals surface area contributed by atoms with Crippen molar-refractivity contribution in [2.75, 3.05) is 13.1 Å². The summed E-state index contributed by atoms with van der Waals surface area (Å²) >= 11 is 0. The van der Waals surface area contributed by atoms with Gasteiger partial charge in [0.1, 0.15) is 0 Å². The summed E-state index contributed by atoms with van der Waals surface area (Å²) in [5, 5.41) is 7.60. The smallest absolute Gasteiger partial charge is 0.0492 e. The third-order valence-corrected chi connectivity index (χ3v) is 2.78. The number of hydrogen-bond donors (Lipinski definition) is 1. The molecule has 0 aromatic carbocycles. The molecule has 0 amide bonds. The van der Waals surface area contributed by atoms with Crippen LogP contribution in [0.3, 0.4) is 0 Å². The number of rotatable bonds is 4. The zero-order chi connectivity index (χ0) is 9.10. The maximum Gasteiger partial charge on any atom is 0.0492 e.